The Bertz CT molecular complexity index is 737. The van der Waals surface area contributed by atoms with E-state index in [-0.39, 0.29) is 6.54 Å². The minimum Gasteiger partial charge on any atom is -0.493 e. The lowest BCUT2D eigenvalue weighted by atomic mass is 10.1. The van der Waals surface area contributed by atoms with Gasteiger partial charge in [0.15, 0.2) is 11.5 Å². The summed E-state index contributed by atoms with van der Waals surface area (Å²) in [6, 6.07) is 9.76. The van der Waals surface area contributed by atoms with Crippen LogP contribution in [0.4, 0.5) is 0 Å². The first-order chi connectivity index (χ1) is 11.5. The average Bonchev–Trinajstić information content (AvgIpc) is 2.58. The Morgan fingerprint density at radius 3 is 2.58 bits per heavy atom. The van der Waals surface area contributed by atoms with Crippen molar-refractivity contribution in [1.29, 1.82) is 0 Å². The van der Waals surface area contributed by atoms with Crippen LogP contribution in [-0.4, -0.2) is 31.8 Å². The number of aliphatic hydroxyl groups is 1. The zero-order chi connectivity index (χ0) is 17.7. The van der Waals surface area contributed by atoms with Crippen molar-refractivity contribution in [3.05, 3.63) is 57.6 Å². The first kappa shape index (κ1) is 18.4. The monoisotopic (exact) mass is 369 g/mol. The number of hydrogen-bond acceptors (Lipinski definition) is 4. The molecule has 5 nitrogen and oxygen atoms in total. The molecule has 2 aromatic carbocycles. The molecule has 7 heteroatoms. The van der Waals surface area contributed by atoms with Crippen LogP contribution in [0.25, 0.3) is 0 Å². The van der Waals surface area contributed by atoms with Gasteiger partial charge in [0.1, 0.15) is 0 Å². The normalized spacial score (nSPS) is 11.7. The van der Waals surface area contributed by atoms with Crippen molar-refractivity contribution in [2.75, 3.05) is 20.8 Å². The third-order valence-electron chi connectivity index (χ3n) is 3.43. The van der Waals surface area contributed by atoms with E-state index in [1.165, 1.54) is 20.3 Å². The lowest BCUT2D eigenvalue weighted by molar-refractivity contribution is 0.0912. The standard InChI is InChI=1S/C17H17Cl2NO4/c1-23-15-5-3-4-12(16(15)24-2)17(22)20-9-14(21)11-7-6-10(18)8-13(11)19/h3-8,14,21H,9H2,1-2H3,(H,20,22). The molecule has 1 unspecified atom stereocenters. The molecule has 0 aromatic heterocycles. The molecule has 2 aromatic rings. The number of halogens is 2. The molecule has 2 rings (SSSR count). The highest BCUT2D eigenvalue weighted by molar-refractivity contribution is 6.35. The van der Waals surface area contributed by atoms with Crippen LogP contribution in [-0.2, 0) is 0 Å². The van der Waals surface area contributed by atoms with Crippen LogP contribution in [0.2, 0.25) is 10.0 Å². The predicted molar refractivity (Wildman–Crippen MR) is 93.3 cm³/mol. The molecule has 1 atom stereocenters. The van der Waals surface area contributed by atoms with E-state index in [1.54, 1.807) is 30.3 Å². The van der Waals surface area contributed by atoms with Crippen molar-refractivity contribution >= 4 is 29.1 Å². The van der Waals surface area contributed by atoms with Crippen LogP contribution in [0.1, 0.15) is 22.0 Å². The summed E-state index contributed by atoms with van der Waals surface area (Å²) in [5.74, 6) is 0.387. The highest BCUT2D eigenvalue weighted by Crippen LogP contribution is 2.31. The van der Waals surface area contributed by atoms with Gasteiger partial charge in [0, 0.05) is 22.2 Å². The fourth-order valence-corrected chi connectivity index (χ4v) is 2.77. The van der Waals surface area contributed by atoms with Crippen molar-refractivity contribution < 1.29 is 19.4 Å². The van der Waals surface area contributed by atoms with Gasteiger partial charge in [-0.2, -0.15) is 0 Å². The molecule has 2 N–H and O–H groups in total. The fourth-order valence-electron chi connectivity index (χ4n) is 2.23. The molecule has 0 aliphatic rings. The molecule has 0 aliphatic carbocycles. The summed E-state index contributed by atoms with van der Waals surface area (Å²) in [5.41, 5.74) is 0.797. The zero-order valence-corrected chi connectivity index (χ0v) is 14.7. The highest BCUT2D eigenvalue weighted by Gasteiger charge is 2.18. The maximum Gasteiger partial charge on any atom is 0.255 e. The van der Waals surface area contributed by atoms with Gasteiger partial charge in [0.05, 0.1) is 25.9 Å². The van der Waals surface area contributed by atoms with E-state index in [0.717, 1.165) is 0 Å². The summed E-state index contributed by atoms with van der Waals surface area (Å²) in [6.07, 6.45) is -0.963. The highest BCUT2D eigenvalue weighted by atomic mass is 35.5. The Labute approximate surface area is 150 Å². The van der Waals surface area contributed by atoms with Crippen molar-refractivity contribution in [3.8, 4) is 11.5 Å². The van der Waals surface area contributed by atoms with Gasteiger partial charge in [-0.25, -0.2) is 0 Å². The Morgan fingerprint density at radius 2 is 1.96 bits per heavy atom. The molecule has 1 amide bonds. The van der Waals surface area contributed by atoms with E-state index < -0.39 is 12.0 Å². The topological polar surface area (TPSA) is 67.8 Å². The molecule has 128 valence electrons. The van der Waals surface area contributed by atoms with Gasteiger partial charge in [-0.1, -0.05) is 35.3 Å². The molecular weight excluding hydrogens is 353 g/mol. The maximum absolute atomic E-state index is 12.4. The number of para-hydroxylation sites is 1. The summed E-state index contributed by atoms with van der Waals surface area (Å²) in [5, 5.41) is 13.7. The van der Waals surface area contributed by atoms with E-state index in [1.807, 2.05) is 0 Å². The number of nitrogens with one attached hydrogen (secondary N) is 1. The number of carbonyl (C=O) groups excluding carboxylic acids is 1. The number of aliphatic hydroxyl groups excluding tert-OH is 1. The summed E-state index contributed by atoms with van der Waals surface area (Å²) < 4.78 is 10.4. The number of rotatable bonds is 6. The smallest absolute Gasteiger partial charge is 0.255 e. The van der Waals surface area contributed by atoms with E-state index >= 15 is 0 Å². The van der Waals surface area contributed by atoms with Crippen LogP contribution in [0.5, 0.6) is 11.5 Å². The predicted octanol–water partition coefficient (Wildman–Crippen LogP) is 3.47. The van der Waals surface area contributed by atoms with E-state index in [0.29, 0.717) is 32.7 Å². The van der Waals surface area contributed by atoms with Gasteiger partial charge in [0.2, 0.25) is 0 Å². The van der Waals surface area contributed by atoms with Crippen molar-refractivity contribution in [3.63, 3.8) is 0 Å². The third-order valence-corrected chi connectivity index (χ3v) is 3.99. The van der Waals surface area contributed by atoms with Gasteiger partial charge < -0.3 is 19.9 Å². The molecule has 0 aliphatic heterocycles. The quantitative estimate of drug-likeness (QED) is 0.817. The minimum atomic E-state index is -0.963. The lowest BCUT2D eigenvalue weighted by Gasteiger charge is -2.16. The Balaban J connectivity index is 2.10. The molecule has 0 fully saturated rings. The number of carbonyl (C=O) groups is 1. The molecule has 24 heavy (non-hydrogen) atoms. The molecule has 0 saturated heterocycles. The molecule has 0 saturated carbocycles. The van der Waals surface area contributed by atoms with Crippen molar-refractivity contribution in [1.82, 2.24) is 5.32 Å². The Morgan fingerprint density at radius 1 is 1.21 bits per heavy atom. The number of amides is 1. The summed E-state index contributed by atoms with van der Waals surface area (Å²) in [7, 11) is 2.95. The first-order valence-electron chi connectivity index (χ1n) is 7.10. The molecule has 0 bridgehead atoms. The largest absolute Gasteiger partial charge is 0.493 e. The van der Waals surface area contributed by atoms with Gasteiger partial charge in [-0.15, -0.1) is 0 Å². The van der Waals surface area contributed by atoms with Gasteiger partial charge in [-0.3, -0.25) is 4.79 Å². The Kier molecular flexibility index (Phi) is 6.31. The van der Waals surface area contributed by atoms with E-state index in [9.17, 15) is 9.90 Å². The summed E-state index contributed by atoms with van der Waals surface area (Å²) in [6.45, 7) is -0.0133. The second-order valence-corrected chi connectivity index (χ2v) is 5.78. The lowest BCUT2D eigenvalue weighted by Crippen LogP contribution is -2.28. The van der Waals surface area contributed by atoms with Crippen LogP contribution < -0.4 is 14.8 Å². The zero-order valence-electron chi connectivity index (χ0n) is 13.2. The summed E-state index contributed by atoms with van der Waals surface area (Å²) in [4.78, 5) is 12.4. The van der Waals surface area contributed by atoms with Crippen LogP contribution in [0, 0.1) is 0 Å². The van der Waals surface area contributed by atoms with Crippen LogP contribution in [0.3, 0.4) is 0 Å². The van der Waals surface area contributed by atoms with E-state index in [4.69, 9.17) is 32.7 Å². The SMILES string of the molecule is COc1cccc(C(=O)NCC(O)c2ccc(Cl)cc2Cl)c1OC. The average molecular weight is 370 g/mol. The summed E-state index contributed by atoms with van der Waals surface area (Å²) >= 11 is 11.9. The van der Waals surface area contributed by atoms with E-state index in [2.05, 4.69) is 5.32 Å². The van der Waals surface area contributed by atoms with Gasteiger partial charge >= 0.3 is 0 Å². The minimum absolute atomic E-state index is 0.0133. The van der Waals surface area contributed by atoms with Crippen molar-refractivity contribution in [2.45, 2.75) is 6.10 Å². The first-order valence-corrected chi connectivity index (χ1v) is 7.85. The number of methoxy groups -OCH3 is 2. The number of ether oxygens (including phenoxy) is 2. The Hall–Kier alpha value is -1.95. The van der Waals surface area contributed by atoms with Crippen molar-refractivity contribution in [2.24, 2.45) is 0 Å². The molecular formula is C17H17Cl2NO4. The number of benzene rings is 2. The number of hydrogen-bond donors (Lipinski definition) is 2. The molecule has 0 heterocycles. The molecule has 0 radical (unpaired) electrons. The third kappa shape index (κ3) is 4.12. The molecule has 0 spiro atoms. The van der Waals surface area contributed by atoms with Crippen LogP contribution >= 0.6 is 23.2 Å². The second kappa shape index (κ2) is 8.24. The van der Waals surface area contributed by atoms with Gasteiger partial charge in [-0.05, 0) is 24.3 Å². The van der Waals surface area contributed by atoms with Gasteiger partial charge in [0.25, 0.3) is 5.91 Å². The fraction of sp³-hybridized carbons (Fsp3) is 0.235. The maximum atomic E-state index is 12.4. The van der Waals surface area contributed by atoms with Crippen LogP contribution in [0.15, 0.2) is 36.4 Å². The second-order valence-electron chi connectivity index (χ2n) is 4.93.